The molecule has 0 aliphatic rings. The minimum atomic E-state index is -4.79. The Kier molecular flexibility index (Phi) is 2.55. The van der Waals surface area contributed by atoms with Crippen LogP contribution in [0.25, 0.3) is 0 Å². The molecule has 86 valence electrons. The summed E-state index contributed by atoms with van der Waals surface area (Å²) in [5.74, 6) is 0. The van der Waals surface area contributed by atoms with Crippen LogP contribution in [0.1, 0.15) is 10.4 Å². The number of thiophene rings is 1. The van der Waals surface area contributed by atoms with Gasteiger partial charge in [-0.1, -0.05) is 6.07 Å². The van der Waals surface area contributed by atoms with Crippen LogP contribution < -0.4 is 0 Å². The fraction of sp³-hybridized carbons (Fsp3) is 0.200. The van der Waals surface area contributed by atoms with Crippen LogP contribution in [0.15, 0.2) is 40.5 Å². The Morgan fingerprint density at radius 2 is 2.00 bits per heavy atom. The molecule has 2 heterocycles. The summed E-state index contributed by atoms with van der Waals surface area (Å²) in [4.78, 5) is -0.179. The van der Waals surface area contributed by atoms with Crippen molar-refractivity contribution in [2.24, 2.45) is 0 Å². The van der Waals surface area contributed by atoms with Crippen LogP contribution in [-0.4, -0.2) is 11.3 Å². The van der Waals surface area contributed by atoms with E-state index >= 15 is 0 Å². The predicted octanol–water partition coefficient (Wildman–Crippen LogP) is 3.14. The molecule has 0 spiro atoms. The largest absolute Gasteiger partial charge is 0.472 e. The van der Waals surface area contributed by atoms with Gasteiger partial charge >= 0.3 is 6.18 Å². The van der Waals surface area contributed by atoms with E-state index in [0.29, 0.717) is 0 Å². The quantitative estimate of drug-likeness (QED) is 0.885. The summed E-state index contributed by atoms with van der Waals surface area (Å²) >= 11 is 0.843. The molecule has 1 unspecified atom stereocenters. The highest BCUT2D eigenvalue weighted by Gasteiger charge is 2.57. The number of rotatable bonds is 2. The Morgan fingerprint density at radius 1 is 1.25 bits per heavy atom. The second kappa shape index (κ2) is 3.64. The van der Waals surface area contributed by atoms with E-state index in [1.165, 1.54) is 17.5 Å². The van der Waals surface area contributed by atoms with E-state index in [1.54, 1.807) is 0 Å². The summed E-state index contributed by atoms with van der Waals surface area (Å²) in [5.41, 5.74) is -3.31. The van der Waals surface area contributed by atoms with E-state index < -0.39 is 11.8 Å². The highest BCUT2D eigenvalue weighted by molar-refractivity contribution is 7.10. The van der Waals surface area contributed by atoms with Gasteiger partial charge in [0.15, 0.2) is 0 Å². The first-order valence-corrected chi connectivity index (χ1v) is 5.20. The number of hydrogen-bond donors (Lipinski definition) is 1. The molecule has 1 N–H and O–H groups in total. The molecule has 2 aromatic heterocycles. The molecule has 0 saturated carbocycles. The minimum absolute atomic E-state index is 0.179. The van der Waals surface area contributed by atoms with Crippen LogP contribution in [0.5, 0.6) is 0 Å². The first kappa shape index (κ1) is 11.2. The molecule has 6 heteroatoms. The Balaban J connectivity index is 2.59. The summed E-state index contributed by atoms with van der Waals surface area (Å²) < 4.78 is 43.4. The van der Waals surface area contributed by atoms with Crippen molar-refractivity contribution in [3.63, 3.8) is 0 Å². The monoisotopic (exact) mass is 248 g/mol. The van der Waals surface area contributed by atoms with E-state index in [4.69, 9.17) is 0 Å². The smallest absolute Gasteiger partial charge is 0.426 e. The lowest BCUT2D eigenvalue weighted by molar-refractivity contribution is -0.247. The Hall–Kier alpha value is -1.27. The lowest BCUT2D eigenvalue weighted by Gasteiger charge is -2.28. The third-order valence-electron chi connectivity index (χ3n) is 2.23. The van der Waals surface area contributed by atoms with Crippen LogP contribution in [0.3, 0.4) is 0 Å². The third-order valence-corrected chi connectivity index (χ3v) is 3.21. The van der Waals surface area contributed by atoms with E-state index in [-0.39, 0.29) is 10.4 Å². The van der Waals surface area contributed by atoms with Gasteiger partial charge in [-0.2, -0.15) is 13.2 Å². The molecule has 0 saturated heterocycles. The van der Waals surface area contributed by atoms with Crippen molar-refractivity contribution in [1.82, 2.24) is 0 Å². The molecule has 16 heavy (non-hydrogen) atoms. The molecule has 2 nitrogen and oxygen atoms in total. The molecule has 1 atom stereocenters. The van der Waals surface area contributed by atoms with Crippen molar-refractivity contribution >= 4 is 11.3 Å². The van der Waals surface area contributed by atoms with E-state index in [0.717, 1.165) is 29.9 Å². The third kappa shape index (κ3) is 1.54. The minimum Gasteiger partial charge on any atom is -0.472 e. The molecular formula is C10H7F3O2S. The fourth-order valence-electron chi connectivity index (χ4n) is 1.40. The Morgan fingerprint density at radius 3 is 2.44 bits per heavy atom. The highest BCUT2D eigenvalue weighted by Crippen LogP contribution is 2.45. The van der Waals surface area contributed by atoms with Crippen LogP contribution in [0.2, 0.25) is 0 Å². The van der Waals surface area contributed by atoms with Gasteiger partial charge in [0.25, 0.3) is 0 Å². The average Bonchev–Trinajstić information content (AvgIpc) is 2.88. The lowest BCUT2D eigenvalue weighted by Crippen LogP contribution is -2.42. The molecule has 0 aromatic carbocycles. The SMILES string of the molecule is OC(c1ccoc1)(c1cccs1)C(F)(F)F. The normalized spacial score (nSPS) is 16.0. The number of furan rings is 1. The van der Waals surface area contributed by atoms with Crippen molar-refractivity contribution in [3.8, 4) is 0 Å². The molecule has 2 rings (SSSR count). The number of hydrogen-bond acceptors (Lipinski definition) is 3. The highest BCUT2D eigenvalue weighted by atomic mass is 32.1. The number of halogens is 3. The average molecular weight is 248 g/mol. The first-order chi connectivity index (χ1) is 7.46. The summed E-state index contributed by atoms with van der Waals surface area (Å²) in [6, 6.07) is 3.80. The van der Waals surface area contributed by atoms with E-state index in [9.17, 15) is 18.3 Å². The molecule has 0 fully saturated rings. The van der Waals surface area contributed by atoms with Crippen molar-refractivity contribution < 1.29 is 22.7 Å². The van der Waals surface area contributed by atoms with Gasteiger partial charge in [0.1, 0.15) is 0 Å². The molecule has 0 radical (unpaired) electrons. The zero-order valence-electron chi connectivity index (χ0n) is 7.86. The van der Waals surface area contributed by atoms with Crippen molar-refractivity contribution in [1.29, 1.82) is 0 Å². The van der Waals surface area contributed by atoms with Gasteiger partial charge in [-0.3, -0.25) is 0 Å². The van der Waals surface area contributed by atoms with Gasteiger partial charge < -0.3 is 9.52 Å². The van der Waals surface area contributed by atoms with Crippen molar-refractivity contribution in [3.05, 3.63) is 46.5 Å². The van der Waals surface area contributed by atoms with Crippen molar-refractivity contribution in [2.75, 3.05) is 0 Å². The maximum absolute atomic E-state index is 12.9. The zero-order chi connectivity index (χ0) is 11.8. The predicted molar refractivity (Wildman–Crippen MR) is 52.1 cm³/mol. The fourth-order valence-corrected chi connectivity index (χ4v) is 2.27. The summed E-state index contributed by atoms with van der Waals surface area (Å²) in [5, 5.41) is 11.4. The van der Waals surface area contributed by atoms with Crippen molar-refractivity contribution in [2.45, 2.75) is 11.8 Å². The van der Waals surface area contributed by atoms with Crippen LogP contribution in [-0.2, 0) is 5.60 Å². The second-order valence-corrected chi connectivity index (χ2v) is 4.15. The van der Waals surface area contributed by atoms with E-state index in [2.05, 4.69) is 4.42 Å². The van der Waals surface area contributed by atoms with Gasteiger partial charge in [0.05, 0.1) is 17.4 Å². The van der Waals surface area contributed by atoms with E-state index in [1.807, 2.05) is 0 Å². The second-order valence-electron chi connectivity index (χ2n) is 3.20. The maximum Gasteiger partial charge on any atom is 0.426 e. The number of aliphatic hydroxyl groups is 1. The molecule has 0 aliphatic carbocycles. The maximum atomic E-state index is 12.9. The molecule has 2 aromatic rings. The number of alkyl halides is 3. The lowest BCUT2D eigenvalue weighted by atomic mass is 9.94. The van der Waals surface area contributed by atoms with Gasteiger partial charge in [0, 0.05) is 5.56 Å². The van der Waals surface area contributed by atoms with Gasteiger partial charge in [-0.25, -0.2) is 0 Å². The summed E-state index contributed by atoms with van der Waals surface area (Å²) in [6.45, 7) is 0. The van der Waals surface area contributed by atoms with Crippen LogP contribution >= 0.6 is 11.3 Å². The van der Waals surface area contributed by atoms with Crippen LogP contribution in [0, 0.1) is 0 Å². The Bertz CT molecular complexity index is 411. The zero-order valence-corrected chi connectivity index (χ0v) is 8.68. The molecule has 0 bridgehead atoms. The van der Waals surface area contributed by atoms with Gasteiger partial charge in [-0.05, 0) is 17.5 Å². The standard InChI is InChI=1S/C10H7F3O2S/c11-10(12,13)9(14,7-3-4-15-6-7)8-2-1-5-16-8/h1-6,14H. The molecular weight excluding hydrogens is 241 g/mol. The molecule has 0 aliphatic heterocycles. The summed E-state index contributed by atoms with van der Waals surface area (Å²) in [7, 11) is 0. The Labute approximate surface area is 92.9 Å². The van der Waals surface area contributed by atoms with Gasteiger partial charge in [0.2, 0.25) is 5.60 Å². The van der Waals surface area contributed by atoms with Crippen LogP contribution in [0.4, 0.5) is 13.2 Å². The first-order valence-electron chi connectivity index (χ1n) is 4.32. The van der Waals surface area contributed by atoms with Gasteiger partial charge in [-0.15, -0.1) is 11.3 Å². The topological polar surface area (TPSA) is 33.4 Å². The molecule has 0 amide bonds. The summed E-state index contributed by atoms with van der Waals surface area (Å²) in [6.07, 6.45) is -2.80.